The van der Waals surface area contributed by atoms with Crippen LogP contribution in [0.4, 0.5) is 0 Å². The van der Waals surface area contributed by atoms with Crippen LogP contribution < -0.4 is 10.1 Å². The molecular weight excluding hydrogens is 258 g/mol. The van der Waals surface area contributed by atoms with E-state index in [-0.39, 0.29) is 12.2 Å². The summed E-state index contributed by atoms with van der Waals surface area (Å²) in [6.45, 7) is 0.0968. The molecule has 18 heavy (non-hydrogen) atoms. The number of nitrogens with zero attached hydrogens (tertiary/aromatic N) is 2. The lowest BCUT2D eigenvalue weighted by molar-refractivity contribution is 0.0952. The SMILES string of the molecule is COc1ccc(C(=O)NC/C=C/S(C)(=O)=O)nn1. The molecule has 0 aromatic carbocycles. The quantitative estimate of drug-likeness (QED) is 0.794. The fraction of sp³-hybridized carbons (Fsp3) is 0.300. The van der Waals surface area contributed by atoms with Gasteiger partial charge in [-0.25, -0.2) is 8.42 Å². The van der Waals surface area contributed by atoms with Crippen LogP contribution in [0.3, 0.4) is 0 Å². The van der Waals surface area contributed by atoms with Gasteiger partial charge in [-0.3, -0.25) is 4.79 Å². The third-order valence-corrected chi connectivity index (χ3v) is 2.49. The minimum atomic E-state index is -3.17. The van der Waals surface area contributed by atoms with Crippen molar-refractivity contribution in [3.8, 4) is 5.88 Å². The van der Waals surface area contributed by atoms with Crippen LogP contribution in [0.2, 0.25) is 0 Å². The Morgan fingerprint density at radius 2 is 2.17 bits per heavy atom. The zero-order valence-electron chi connectivity index (χ0n) is 9.95. The number of methoxy groups -OCH3 is 1. The normalized spacial score (nSPS) is 11.4. The molecule has 1 N–H and O–H groups in total. The van der Waals surface area contributed by atoms with Gasteiger partial charge in [0.2, 0.25) is 5.88 Å². The molecule has 8 heteroatoms. The maximum atomic E-state index is 11.5. The second kappa shape index (κ2) is 6.10. The van der Waals surface area contributed by atoms with Gasteiger partial charge in [0.05, 0.1) is 7.11 Å². The van der Waals surface area contributed by atoms with Gasteiger partial charge in [0.25, 0.3) is 5.91 Å². The maximum absolute atomic E-state index is 11.5. The summed E-state index contributed by atoms with van der Waals surface area (Å²) in [6.07, 6.45) is 2.41. The Morgan fingerprint density at radius 3 is 2.67 bits per heavy atom. The molecular formula is C10H13N3O4S. The first-order chi connectivity index (χ1) is 8.42. The summed E-state index contributed by atoms with van der Waals surface area (Å²) >= 11 is 0. The number of rotatable bonds is 5. The summed E-state index contributed by atoms with van der Waals surface area (Å²) in [5, 5.41) is 10.8. The predicted molar refractivity (Wildman–Crippen MR) is 64.9 cm³/mol. The fourth-order valence-electron chi connectivity index (χ4n) is 1.02. The van der Waals surface area contributed by atoms with Crippen molar-refractivity contribution in [1.82, 2.24) is 15.5 Å². The van der Waals surface area contributed by atoms with Crippen molar-refractivity contribution in [2.75, 3.05) is 19.9 Å². The van der Waals surface area contributed by atoms with Gasteiger partial charge in [0.1, 0.15) is 0 Å². The van der Waals surface area contributed by atoms with Crippen molar-refractivity contribution in [2.45, 2.75) is 0 Å². The lowest BCUT2D eigenvalue weighted by Gasteiger charge is -2.01. The maximum Gasteiger partial charge on any atom is 0.272 e. The lowest BCUT2D eigenvalue weighted by atomic mass is 10.3. The van der Waals surface area contributed by atoms with E-state index in [4.69, 9.17) is 4.74 Å². The Balaban J connectivity index is 2.53. The largest absolute Gasteiger partial charge is 0.480 e. The third-order valence-electron chi connectivity index (χ3n) is 1.81. The van der Waals surface area contributed by atoms with E-state index in [2.05, 4.69) is 15.5 Å². The minimum absolute atomic E-state index is 0.0968. The lowest BCUT2D eigenvalue weighted by Crippen LogP contribution is -2.24. The van der Waals surface area contributed by atoms with Crippen molar-refractivity contribution in [3.63, 3.8) is 0 Å². The van der Waals surface area contributed by atoms with Crippen molar-refractivity contribution in [1.29, 1.82) is 0 Å². The van der Waals surface area contributed by atoms with Gasteiger partial charge in [-0.2, -0.15) is 0 Å². The highest BCUT2D eigenvalue weighted by atomic mass is 32.2. The van der Waals surface area contributed by atoms with E-state index < -0.39 is 15.7 Å². The number of ether oxygens (including phenoxy) is 1. The predicted octanol–water partition coefficient (Wildman–Crippen LogP) is -0.227. The third kappa shape index (κ3) is 4.91. The number of hydrogen-bond donors (Lipinski definition) is 1. The summed E-state index contributed by atoms with van der Waals surface area (Å²) in [5.74, 6) is -0.133. The van der Waals surface area contributed by atoms with Gasteiger partial charge >= 0.3 is 0 Å². The highest BCUT2D eigenvalue weighted by Crippen LogP contribution is 2.03. The molecule has 0 unspecified atom stereocenters. The second-order valence-electron chi connectivity index (χ2n) is 3.37. The van der Waals surface area contributed by atoms with Gasteiger partial charge in [0.15, 0.2) is 15.5 Å². The molecule has 1 aromatic rings. The molecule has 0 radical (unpaired) electrons. The summed E-state index contributed by atoms with van der Waals surface area (Å²) in [7, 11) is -1.73. The zero-order valence-corrected chi connectivity index (χ0v) is 10.8. The van der Waals surface area contributed by atoms with Crippen LogP contribution in [-0.2, 0) is 9.84 Å². The first-order valence-electron chi connectivity index (χ1n) is 4.95. The van der Waals surface area contributed by atoms with E-state index in [9.17, 15) is 13.2 Å². The van der Waals surface area contributed by atoms with Crippen LogP contribution in [0.1, 0.15) is 10.5 Å². The van der Waals surface area contributed by atoms with Crippen LogP contribution in [0.5, 0.6) is 5.88 Å². The zero-order chi connectivity index (χ0) is 13.6. The van der Waals surface area contributed by atoms with E-state index in [1.54, 1.807) is 0 Å². The summed E-state index contributed by atoms with van der Waals surface area (Å²) in [4.78, 5) is 11.5. The minimum Gasteiger partial charge on any atom is -0.480 e. The molecule has 98 valence electrons. The van der Waals surface area contributed by atoms with Gasteiger partial charge in [-0.05, 0) is 6.07 Å². The Labute approximate surface area is 105 Å². The van der Waals surface area contributed by atoms with E-state index in [1.165, 1.54) is 25.3 Å². The molecule has 0 saturated carbocycles. The Hall–Kier alpha value is -1.96. The Bertz CT molecular complexity index is 537. The standard InChI is InChI=1S/C10H13N3O4S/c1-17-9-5-4-8(12-13-9)10(14)11-6-3-7-18(2,15)16/h3-5,7H,6H2,1-2H3,(H,11,14)/b7-3+. The van der Waals surface area contributed by atoms with Gasteiger partial charge in [-0.1, -0.05) is 6.08 Å². The molecule has 7 nitrogen and oxygen atoms in total. The van der Waals surface area contributed by atoms with Crippen LogP contribution in [0.15, 0.2) is 23.6 Å². The van der Waals surface area contributed by atoms with Crippen molar-refractivity contribution in [3.05, 3.63) is 29.3 Å². The molecule has 1 rings (SSSR count). The number of aromatic nitrogens is 2. The summed E-state index contributed by atoms with van der Waals surface area (Å²) in [6, 6.07) is 2.97. The highest BCUT2D eigenvalue weighted by Gasteiger charge is 2.06. The number of carbonyl (C=O) groups is 1. The molecule has 0 aliphatic heterocycles. The molecule has 0 bridgehead atoms. The Morgan fingerprint density at radius 1 is 1.44 bits per heavy atom. The summed E-state index contributed by atoms with van der Waals surface area (Å²) in [5.41, 5.74) is 0.128. The Kier molecular flexibility index (Phi) is 4.78. The van der Waals surface area contributed by atoms with Crippen molar-refractivity contribution >= 4 is 15.7 Å². The molecule has 0 saturated heterocycles. The number of sulfone groups is 1. The first-order valence-corrected chi connectivity index (χ1v) is 6.90. The van der Waals surface area contributed by atoms with Crippen LogP contribution >= 0.6 is 0 Å². The van der Waals surface area contributed by atoms with E-state index in [1.807, 2.05) is 0 Å². The van der Waals surface area contributed by atoms with Crippen LogP contribution in [-0.4, -0.2) is 44.4 Å². The molecule has 0 aliphatic carbocycles. The smallest absolute Gasteiger partial charge is 0.272 e. The monoisotopic (exact) mass is 271 g/mol. The van der Waals surface area contributed by atoms with E-state index >= 15 is 0 Å². The number of nitrogens with one attached hydrogen (secondary N) is 1. The molecule has 0 aliphatic rings. The fourth-order valence-corrected chi connectivity index (χ4v) is 1.46. The molecule has 0 spiro atoms. The second-order valence-corrected chi connectivity index (χ2v) is 5.30. The molecule has 0 atom stereocenters. The van der Waals surface area contributed by atoms with Gasteiger partial charge in [0, 0.05) is 24.3 Å². The van der Waals surface area contributed by atoms with Crippen molar-refractivity contribution < 1.29 is 17.9 Å². The number of hydrogen-bond acceptors (Lipinski definition) is 6. The summed E-state index contributed by atoms with van der Waals surface area (Å²) < 4.78 is 26.4. The van der Waals surface area contributed by atoms with E-state index in [0.29, 0.717) is 5.88 Å². The van der Waals surface area contributed by atoms with Crippen LogP contribution in [0, 0.1) is 0 Å². The van der Waals surface area contributed by atoms with E-state index in [0.717, 1.165) is 11.7 Å². The average Bonchev–Trinajstić information content (AvgIpc) is 2.33. The van der Waals surface area contributed by atoms with Gasteiger partial charge < -0.3 is 10.1 Å². The molecule has 1 amide bonds. The first kappa shape index (κ1) is 14.1. The van der Waals surface area contributed by atoms with Crippen LogP contribution in [0.25, 0.3) is 0 Å². The topological polar surface area (TPSA) is 98.2 Å². The molecule has 1 heterocycles. The number of amides is 1. The van der Waals surface area contributed by atoms with Crippen molar-refractivity contribution in [2.24, 2.45) is 0 Å². The molecule has 0 fully saturated rings. The number of carbonyl (C=O) groups excluding carboxylic acids is 1. The highest BCUT2D eigenvalue weighted by molar-refractivity contribution is 7.93. The molecule has 1 aromatic heterocycles. The average molecular weight is 271 g/mol. The van der Waals surface area contributed by atoms with Gasteiger partial charge in [-0.15, -0.1) is 10.2 Å².